The molecule has 1 heterocycles. The monoisotopic (exact) mass is 289 g/mol. The summed E-state index contributed by atoms with van der Waals surface area (Å²) in [4.78, 5) is 0. The standard InChI is InChI=1S/C15H23N5O/c1-3-5-10-20-15(17-18-19-20)16-12-13-8-6-7-9-14(13)21-11-4-2/h6-9H,3-5,10-12H2,1-2H3,(H,16,17,19). The van der Waals surface area contributed by atoms with Crippen LogP contribution in [0.25, 0.3) is 0 Å². The lowest BCUT2D eigenvalue weighted by atomic mass is 10.2. The lowest BCUT2D eigenvalue weighted by Gasteiger charge is -2.12. The smallest absolute Gasteiger partial charge is 0.243 e. The largest absolute Gasteiger partial charge is 0.493 e. The van der Waals surface area contributed by atoms with Gasteiger partial charge in [0.2, 0.25) is 5.95 Å². The number of benzene rings is 1. The Labute approximate surface area is 125 Å². The van der Waals surface area contributed by atoms with E-state index in [-0.39, 0.29) is 0 Å². The maximum Gasteiger partial charge on any atom is 0.243 e. The highest BCUT2D eigenvalue weighted by Gasteiger charge is 2.07. The van der Waals surface area contributed by atoms with Crippen LogP contribution in [0.5, 0.6) is 5.75 Å². The number of para-hydroxylation sites is 1. The van der Waals surface area contributed by atoms with E-state index in [1.54, 1.807) is 4.68 Å². The van der Waals surface area contributed by atoms with Crippen molar-refractivity contribution in [2.45, 2.75) is 46.2 Å². The third-order valence-corrected chi connectivity index (χ3v) is 3.13. The summed E-state index contributed by atoms with van der Waals surface area (Å²) in [5, 5.41) is 15.0. The van der Waals surface area contributed by atoms with Crippen LogP contribution in [0.2, 0.25) is 0 Å². The fourth-order valence-electron chi connectivity index (χ4n) is 1.97. The number of tetrazole rings is 1. The molecule has 1 aromatic heterocycles. The van der Waals surface area contributed by atoms with Crippen LogP contribution in [0.3, 0.4) is 0 Å². The number of ether oxygens (including phenoxy) is 1. The first-order chi connectivity index (χ1) is 10.3. The second-order valence-electron chi connectivity index (χ2n) is 4.89. The fourth-order valence-corrected chi connectivity index (χ4v) is 1.97. The predicted octanol–water partition coefficient (Wildman–Crippen LogP) is 2.87. The van der Waals surface area contributed by atoms with Gasteiger partial charge in [0, 0.05) is 18.7 Å². The summed E-state index contributed by atoms with van der Waals surface area (Å²) < 4.78 is 7.56. The Balaban J connectivity index is 1.98. The Hall–Kier alpha value is -2.11. The van der Waals surface area contributed by atoms with Crippen LogP contribution in [-0.2, 0) is 13.1 Å². The van der Waals surface area contributed by atoms with Gasteiger partial charge in [-0.25, -0.2) is 4.68 Å². The van der Waals surface area contributed by atoms with Crippen molar-refractivity contribution < 1.29 is 4.74 Å². The van der Waals surface area contributed by atoms with Crippen LogP contribution in [0.15, 0.2) is 24.3 Å². The molecule has 0 fully saturated rings. The van der Waals surface area contributed by atoms with Gasteiger partial charge in [-0.2, -0.15) is 0 Å². The molecule has 6 nitrogen and oxygen atoms in total. The summed E-state index contributed by atoms with van der Waals surface area (Å²) in [7, 11) is 0. The van der Waals surface area contributed by atoms with Crippen LogP contribution in [0.4, 0.5) is 5.95 Å². The third-order valence-electron chi connectivity index (χ3n) is 3.13. The summed E-state index contributed by atoms with van der Waals surface area (Å²) in [6, 6.07) is 8.04. The van der Waals surface area contributed by atoms with Crippen molar-refractivity contribution in [3.8, 4) is 5.75 Å². The normalized spacial score (nSPS) is 10.6. The average Bonchev–Trinajstić information content (AvgIpc) is 2.97. The number of hydrogen-bond donors (Lipinski definition) is 1. The van der Waals surface area contributed by atoms with Gasteiger partial charge in [0.15, 0.2) is 0 Å². The van der Waals surface area contributed by atoms with Crippen molar-refractivity contribution in [2.75, 3.05) is 11.9 Å². The van der Waals surface area contributed by atoms with Crippen molar-refractivity contribution in [3.05, 3.63) is 29.8 Å². The summed E-state index contributed by atoms with van der Waals surface area (Å²) in [6.07, 6.45) is 3.18. The van der Waals surface area contributed by atoms with E-state index in [0.717, 1.165) is 43.7 Å². The third kappa shape index (κ3) is 4.44. The number of nitrogens with zero attached hydrogens (tertiary/aromatic N) is 4. The number of hydrogen-bond acceptors (Lipinski definition) is 5. The van der Waals surface area contributed by atoms with Gasteiger partial charge in [0.05, 0.1) is 6.61 Å². The minimum Gasteiger partial charge on any atom is -0.493 e. The van der Waals surface area contributed by atoms with E-state index in [2.05, 4.69) is 40.8 Å². The van der Waals surface area contributed by atoms with Crippen molar-refractivity contribution in [1.82, 2.24) is 20.2 Å². The molecular formula is C15H23N5O. The minimum absolute atomic E-state index is 0.645. The van der Waals surface area contributed by atoms with Crippen LogP contribution >= 0.6 is 0 Å². The molecule has 6 heteroatoms. The molecule has 0 aliphatic heterocycles. The number of unbranched alkanes of at least 4 members (excludes halogenated alkanes) is 1. The molecule has 2 rings (SSSR count). The molecule has 0 amide bonds. The molecule has 0 unspecified atom stereocenters. The van der Waals surface area contributed by atoms with E-state index >= 15 is 0 Å². The molecule has 0 atom stereocenters. The minimum atomic E-state index is 0.645. The Bertz CT molecular complexity index is 540. The fraction of sp³-hybridized carbons (Fsp3) is 0.533. The number of rotatable bonds is 9. The van der Waals surface area contributed by atoms with Gasteiger partial charge in [-0.3, -0.25) is 0 Å². The molecular weight excluding hydrogens is 266 g/mol. The Morgan fingerprint density at radius 1 is 1.19 bits per heavy atom. The summed E-state index contributed by atoms with van der Waals surface area (Å²) in [5.41, 5.74) is 1.11. The first-order valence-electron chi connectivity index (χ1n) is 7.55. The van der Waals surface area contributed by atoms with Crippen LogP contribution in [0.1, 0.15) is 38.7 Å². The number of aromatic nitrogens is 4. The molecule has 0 saturated carbocycles. The molecule has 1 N–H and O–H groups in total. The predicted molar refractivity (Wildman–Crippen MR) is 82.3 cm³/mol. The molecule has 0 aliphatic rings. The van der Waals surface area contributed by atoms with Crippen molar-refractivity contribution >= 4 is 5.95 Å². The van der Waals surface area contributed by atoms with Gasteiger partial charge < -0.3 is 10.1 Å². The van der Waals surface area contributed by atoms with E-state index in [1.165, 1.54) is 0 Å². The lowest BCUT2D eigenvalue weighted by molar-refractivity contribution is 0.314. The maximum absolute atomic E-state index is 5.75. The Kier molecular flexibility index (Phi) is 5.99. The first-order valence-corrected chi connectivity index (χ1v) is 7.55. The summed E-state index contributed by atoms with van der Waals surface area (Å²) in [5.74, 6) is 1.62. The van der Waals surface area contributed by atoms with Gasteiger partial charge in [0.1, 0.15) is 5.75 Å². The highest BCUT2D eigenvalue weighted by Crippen LogP contribution is 2.19. The number of nitrogens with one attached hydrogen (secondary N) is 1. The number of anilines is 1. The molecule has 0 spiro atoms. The highest BCUT2D eigenvalue weighted by atomic mass is 16.5. The molecule has 21 heavy (non-hydrogen) atoms. The maximum atomic E-state index is 5.75. The average molecular weight is 289 g/mol. The second-order valence-corrected chi connectivity index (χ2v) is 4.89. The lowest BCUT2D eigenvalue weighted by Crippen LogP contribution is -2.10. The molecule has 1 aromatic carbocycles. The zero-order chi connectivity index (χ0) is 14.9. The van der Waals surface area contributed by atoms with Gasteiger partial charge in [-0.05, 0) is 29.3 Å². The molecule has 0 aliphatic carbocycles. The van der Waals surface area contributed by atoms with E-state index in [1.807, 2.05) is 18.2 Å². The molecule has 114 valence electrons. The van der Waals surface area contributed by atoms with Gasteiger partial charge in [-0.15, -0.1) is 0 Å². The van der Waals surface area contributed by atoms with Gasteiger partial charge >= 0.3 is 0 Å². The number of aryl methyl sites for hydroxylation is 1. The van der Waals surface area contributed by atoms with Crippen LogP contribution in [0, 0.1) is 0 Å². The van der Waals surface area contributed by atoms with Gasteiger partial charge in [-0.1, -0.05) is 43.6 Å². The van der Waals surface area contributed by atoms with Crippen molar-refractivity contribution in [1.29, 1.82) is 0 Å². The van der Waals surface area contributed by atoms with Crippen molar-refractivity contribution in [3.63, 3.8) is 0 Å². The Morgan fingerprint density at radius 2 is 2.05 bits per heavy atom. The van der Waals surface area contributed by atoms with E-state index < -0.39 is 0 Å². The first kappa shape index (κ1) is 15.3. The zero-order valence-electron chi connectivity index (χ0n) is 12.7. The van der Waals surface area contributed by atoms with E-state index in [4.69, 9.17) is 4.74 Å². The molecule has 0 radical (unpaired) electrons. The summed E-state index contributed by atoms with van der Waals surface area (Å²) >= 11 is 0. The zero-order valence-corrected chi connectivity index (χ0v) is 12.7. The van der Waals surface area contributed by atoms with E-state index in [0.29, 0.717) is 12.5 Å². The van der Waals surface area contributed by atoms with Crippen LogP contribution in [-0.4, -0.2) is 26.8 Å². The SMILES string of the molecule is CCCCn1nnnc1NCc1ccccc1OCCC. The van der Waals surface area contributed by atoms with Crippen LogP contribution < -0.4 is 10.1 Å². The summed E-state index contributed by atoms with van der Waals surface area (Å²) in [6.45, 7) is 6.46. The second kappa shape index (κ2) is 8.24. The molecule has 2 aromatic rings. The quantitative estimate of drug-likeness (QED) is 0.769. The molecule has 0 saturated heterocycles. The van der Waals surface area contributed by atoms with Gasteiger partial charge in [0.25, 0.3) is 0 Å². The van der Waals surface area contributed by atoms with Crippen molar-refractivity contribution in [2.24, 2.45) is 0 Å². The molecule has 0 bridgehead atoms. The highest BCUT2D eigenvalue weighted by molar-refractivity contribution is 5.36. The van der Waals surface area contributed by atoms with E-state index in [9.17, 15) is 0 Å². The Morgan fingerprint density at radius 3 is 2.86 bits per heavy atom. The topological polar surface area (TPSA) is 64.9 Å².